The van der Waals surface area contributed by atoms with Gasteiger partial charge in [0.25, 0.3) is 0 Å². The van der Waals surface area contributed by atoms with E-state index in [-0.39, 0.29) is 0 Å². The zero-order valence-corrected chi connectivity index (χ0v) is 12.3. The van der Waals surface area contributed by atoms with Crippen LogP contribution in [0.1, 0.15) is 5.56 Å². The van der Waals surface area contributed by atoms with Crippen LogP contribution in [0.15, 0.2) is 42.9 Å². The minimum Gasteiger partial charge on any atom is -0.346 e. The maximum Gasteiger partial charge on any atom is 0.141 e. The van der Waals surface area contributed by atoms with Gasteiger partial charge in [-0.15, -0.1) is 5.10 Å². The first-order valence-corrected chi connectivity index (χ1v) is 6.99. The predicted octanol–water partition coefficient (Wildman–Crippen LogP) is 2.73. The van der Waals surface area contributed by atoms with Gasteiger partial charge in [0.1, 0.15) is 29.1 Å². The molecule has 4 aromatic rings. The van der Waals surface area contributed by atoms with Gasteiger partial charge in [-0.1, -0.05) is 35.0 Å². The molecule has 6 nitrogen and oxygen atoms in total. The molecular weight excluding hydrogens is 276 g/mol. The topological polar surface area (TPSA) is 72.3 Å². The lowest BCUT2D eigenvalue weighted by Gasteiger charge is -2.05. The van der Waals surface area contributed by atoms with Gasteiger partial charge in [0.2, 0.25) is 0 Å². The normalized spacial score (nSPS) is 11.2. The number of H-pyrrole nitrogens is 1. The number of hydrogen-bond acceptors (Lipinski definition) is 4. The van der Waals surface area contributed by atoms with Crippen LogP contribution in [0.5, 0.6) is 0 Å². The van der Waals surface area contributed by atoms with E-state index in [1.165, 1.54) is 5.56 Å². The number of benzene rings is 1. The van der Waals surface area contributed by atoms with Gasteiger partial charge in [-0.2, -0.15) is 0 Å². The number of aromatic amines is 1. The molecule has 0 aliphatic carbocycles. The highest BCUT2D eigenvalue weighted by molar-refractivity contribution is 5.93. The molecule has 0 amide bonds. The lowest BCUT2D eigenvalue weighted by Crippen LogP contribution is -1.97. The second-order valence-corrected chi connectivity index (χ2v) is 5.24. The minimum absolute atomic E-state index is 0.807. The van der Waals surface area contributed by atoms with Gasteiger partial charge in [0.15, 0.2) is 0 Å². The molecule has 3 aromatic heterocycles. The largest absolute Gasteiger partial charge is 0.346 e. The van der Waals surface area contributed by atoms with Gasteiger partial charge in [-0.3, -0.25) is 0 Å². The fourth-order valence-corrected chi connectivity index (χ4v) is 2.59. The molecule has 22 heavy (non-hydrogen) atoms. The maximum atomic E-state index is 4.45. The fraction of sp³-hybridized carbons (Fsp3) is 0.125. The van der Waals surface area contributed by atoms with E-state index < -0.39 is 0 Å². The SMILES string of the molecule is Cc1ccc(-c2nnn(C)c2-c2ncnc3[nH]ccc23)cc1. The molecule has 0 saturated heterocycles. The zero-order chi connectivity index (χ0) is 15.1. The van der Waals surface area contributed by atoms with Crippen LogP contribution in [0, 0.1) is 6.92 Å². The van der Waals surface area contributed by atoms with Crippen molar-refractivity contribution in [1.29, 1.82) is 0 Å². The number of hydrogen-bond donors (Lipinski definition) is 1. The van der Waals surface area contributed by atoms with E-state index in [1.54, 1.807) is 11.0 Å². The molecule has 0 atom stereocenters. The van der Waals surface area contributed by atoms with Crippen LogP contribution >= 0.6 is 0 Å². The Balaban J connectivity index is 1.98. The van der Waals surface area contributed by atoms with E-state index in [4.69, 9.17) is 0 Å². The van der Waals surface area contributed by atoms with Crippen molar-refractivity contribution in [3.05, 3.63) is 48.4 Å². The second-order valence-electron chi connectivity index (χ2n) is 5.24. The van der Waals surface area contributed by atoms with Gasteiger partial charge in [-0.05, 0) is 13.0 Å². The lowest BCUT2D eigenvalue weighted by molar-refractivity contribution is 0.720. The van der Waals surface area contributed by atoms with Crippen molar-refractivity contribution in [2.24, 2.45) is 7.05 Å². The summed E-state index contributed by atoms with van der Waals surface area (Å²) in [5.74, 6) is 0. The third-order valence-corrected chi connectivity index (χ3v) is 3.73. The minimum atomic E-state index is 0.807. The molecule has 108 valence electrons. The molecule has 0 aliphatic heterocycles. The van der Waals surface area contributed by atoms with Crippen LogP contribution in [0.3, 0.4) is 0 Å². The maximum absolute atomic E-state index is 4.45. The van der Waals surface area contributed by atoms with E-state index in [0.29, 0.717) is 0 Å². The average molecular weight is 290 g/mol. The number of fused-ring (bicyclic) bond motifs is 1. The standard InChI is InChI=1S/C16H14N6/c1-10-3-5-11(6-4-10)13-15(22(2)21-20-13)14-12-7-8-17-16(12)19-9-18-14/h3-9H,1-2H3,(H,17,18,19). The first-order valence-electron chi connectivity index (χ1n) is 6.99. The van der Waals surface area contributed by atoms with Gasteiger partial charge >= 0.3 is 0 Å². The van der Waals surface area contributed by atoms with Crippen molar-refractivity contribution < 1.29 is 0 Å². The van der Waals surface area contributed by atoms with Crippen molar-refractivity contribution in [1.82, 2.24) is 29.9 Å². The highest BCUT2D eigenvalue weighted by atomic mass is 15.4. The van der Waals surface area contributed by atoms with E-state index >= 15 is 0 Å². The molecule has 0 bridgehead atoms. The van der Waals surface area contributed by atoms with Crippen LogP contribution < -0.4 is 0 Å². The number of rotatable bonds is 2. The molecule has 0 unspecified atom stereocenters. The molecule has 6 heteroatoms. The molecule has 0 spiro atoms. The molecule has 0 saturated carbocycles. The summed E-state index contributed by atoms with van der Waals surface area (Å²) >= 11 is 0. The Labute approximate surface area is 126 Å². The average Bonchev–Trinajstić information content (AvgIpc) is 3.14. The van der Waals surface area contributed by atoms with Crippen molar-refractivity contribution in [2.45, 2.75) is 6.92 Å². The summed E-state index contributed by atoms with van der Waals surface area (Å²) in [4.78, 5) is 11.8. The number of aromatic nitrogens is 6. The van der Waals surface area contributed by atoms with Gasteiger partial charge in [0.05, 0.1) is 0 Å². The highest BCUT2D eigenvalue weighted by Crippen LogP contribution is 2.32. The Morgan fingerprint density at radius 3 is 2.64 bits per heavy atom. The second kappa shape index (κ2) is 4.77. The Morgan fingerprint density at radius 2 is 1.82 bits per heavy atom. The molecule has 3 heterocycles. The van der Waals surface area contributed by atoms with Gasteiger partial charge < -0.3 is 4.98 Å². The number of nitrogens with one attached hydrogen (secondary N) is 1. The third kappa shape index (κ3) is 1.88. The van der Waals surface area contributed by atoms with Crippen molar-refractivity contribution >= 4 is 11.0 Å². The van der Waals surface area contributed by atoms with Gasteiger partial charge in [-0.25, -0.2) is 14.6 Å². The molecule has 1 N–H and O–H groups in total. The summed E-state index contributed by atoms with van der Waals surface area (Å²) in [5, 5.41) is 9.46. The highest BCUT2D eigenvalue weighted by Gasteiger charge is 2.18. The quantitative estimate of drug-likeness (QED) is 0.616. The summed E-state index contributed by atoms with van der Waals surface area (Å²) in [6.45, 7) is 2.06. The molecule has 0 radical (unpaired) electrons. The third-order valence-electron chi connectivity index (χ3n) is 3.73. The predicted molar refractivity (Wildman–Crippen MR) is 84.1 cm³/mol. The van der Waals surface area contributed by atoms with E-state index in [2.05, 4.69) is 56.5 Å². The number of aryl methyl sites for hydroxylation is 2. The molecular formula is C16H14N6. The van der Waals surface area contributed by atoms with Crippen LogP contribution in [0.4, 0.5) is 0 Å². The summed E-state index contributed by atoms with van der Waals surface area (Å²) in [6, 6.07) is 10.2. The van der Waals surface area contributed by atoms with E-state index in [1.807, 2.05) is 19.3 Å². The van der Waals surface area contributed by atoms with Crippen LogP contribution in [0.2, 0.25) is 0 Å². The van der Waals surface area contributed by atoms with Crippen LogP contribution in [-0.2, 0) is 7.05 Å². The summed E-state index contributed by atoms with van der Waals surface area (Å²) in [5.41, 5.74) is 5.58. The summed E-state index contributed by atoms with van der Waals surface area (Å²) in [6.07, 6.45) is 3.41. The van der Waals surface area contributed by atoms with Crippen LogP contribution in [0.25, 0.3) is 33.7 Å². The van der Waals surface area contributed by atoms with Crippen molar-refractivity contribution in [3.8, 4) is 22.6 Å². The smallest absolute Gasteiger partial charge is 0.141 e. The van der Waals surface area contributed by atoms with Gasteiger partial charge in [0, 0.05) is 24.2 Å². The van der Waals surface area contributed by atoms with Crippen molar-refractivity contribution in [2.75, 3.05) is 0 Å². The van der Waals surface area contributed by atoms with Crippen molar-refractivity contribution in [3.63, 3.8) is 0 Å². The molecule has 1 aromatic carbocycles. The lowest BCUT2D eigenvalue weighted by atomic mass is 10.1. The van der Waals surface area contributed by atoms with Crippen LogP contribution in [-0.4, -0.2) is 29.9 Å². The van der Waals surface area contributed by atoms with E-state index in [0.717, 1.165) is 33.7 Å². The monoisotopic (exact) mass is 290 g/mol. The molecule has 0 fully saturated rings. The Morgan fingerprint density at radius 1 is 1.00 bits per heavy atom. The molecule has 0 aliphatic rings. The summed E-state index contributed by atoms with van der Waals surface area (Å²) in [7, 11) is 1.88. The first-order chi connectivity index (χ1) is 10.7. The number of nitrogens with zero attached hydrogens (tertiary/aromatic N) is 5. The first kappa shape index (κ1) is 12.7. The zero-order valence-electron chi connectivity index (χ0n) is 12.3. The fourth-order valence-electron chi connectivity index (χ4n) is 2.59. The Kier molecular flexibility index (Phi) is 2.75. The molecule has 4 rings (SSSR count). The summed E-state index contributed by atoms with van der Waals surface area (Å²) < 4.78 is 1.75. The Hall–Kier alpha value is -3.02. The Bertz CT molecular complexity index is 948. The van der Waals surface area contributed by atoms with E-state index in [9.17, 15) is 0 Å².